The highest BCUT2D eigenvalue weighted by Gasteiger charge is 2.28. The molecule has 1 atom stereocenters. The Morgan fingerprint density at radius 1 is 1.44 bits per heavy atom. The van der Waals surface area contributed by atoms with Gasteiger partial charge >= 0.3 is 0 Å². The number of nitrogens with zero attached hydrogens (tertiary/aromatic N) is 4. The van der Waals surface area contributed by atoms with Gasteiger partial charge in [-0.15, -0.1) is 0 Å². The smallest absolute Gasteiger partial charge is 0.252 e. The maximum Gasteiger partial charge on any atom is 0.252 e. The number of thiophene rings is 1. The van der Waals surface area contributed by atoms with Crippen LogP contribution in [0.3, 0.4) is 0 Å². The molecule has 1 N–H and O–H groups in total. The van der Waals surface area contributed by atoms with Crippen LogP contribution >= 0.6 is 11.3 Å². The molecule has 1 fully saturated rings. The molecular formula is C20H25N5OS. The molecule has 3 aromatic heterocycles. The molecule has 27 heavy (non-hydrogen) atoms. The molecular weight excluding hydrogens is 358 g/mol. The molecule has 0 unspecified atom stereocenters. The molecule has 1 amide bonds. The van der Waals surface area contributed by atoms with Crippen molar-refractivity contribution < 1.29 is 4.79 Å². The van der Waals surface area contributed by atoms with Gasteiger partial charge in [0.2, 0.25) is 0 Å². The Balaban J connectivity index is 1.64. The molecule has 1 aliphatic carbocycles. The maximum atomic E-state index is 13.1. The summed E-state index contributed by atoms with van der Waals surface area (Å²) in [5.41, 5.74) is 4.56. The Labute approximate surface area is 163 Å². The minimum absolute atomic E-state index is 0.0533. The Morgan fingerprint density at radius 2 is 2.22 bits per heavy atom. The van der Waals surface area contributed by atoms with Gasteiger partial charge in [-0.3, -0.25) is 9.48 Å². The van der Waals surface area contributed by atoms with E-state index >= 15 is 0 Å². The predicted molar refractivity (Wildman–Crippen MR) is 108 cm³/mol. The molecule has 0 bridgehead atoms. The quantitative estimate of drug-likeness (QED) is 0.710. The maximum absolute atomic E-state index is 13.1. The zero-order valence-electron chi connectivity index (χ0n) is 16.2. The molecule has 7 heteroatoms. The largest absolute Gasteiger partial charge is 0.350 e. The molecule has 0 aliphatic heterocycles. The molecule has 3 heterocycles. The lowest BCUT2D eigenvalue weighted by atomic mass is 10.1. The highest BCUT2D eigenvalue weighted by atomic mass is 32.1. The van der Waals surface area contributed by atoms with Gasteiger partial charge in [-0.1, -0.05) is 0 Å². The summed E-state index contributed by atoms with van der Waals surface area (Å²) in [6.45, 7) is 2.50. The van der Waals surface area contributed by atoms with Gasteiger partial charge in [-0.2, -0.15) is 16.4 Å². The van der Waals surface area contributed by atoms with E-state index in [1.165, 1.54) is 5.56 Å². The number of rotatable bonds is 6. The zero-order valence-corrected chi connectivity index (χ0v) is 17.0. The molecule has 0 aromatic carbocycles. The van der Waals surface area contributed by atoms with E-state index in [2.05, 4.69) is 32.1 Å². The Bertz CT molecular complexity index is 972. The van der Waals surface area contributed by atoms with E-state index in [1.807, 2.05) is 34.1 Å². The van der Waals surface area contributed by atoms with E-state index in [0.29, 0.717) is 18.0 Å². The van der Waals surface area contributed by atoms with Crippen LogP contribution in [0.1, 0.15) is 52.1 Å². The van der Waals surface area contributed by atoms with Gasteiger partial charge in [0.15, 0.2) is 5.65 Å². The number of pyridine rings is 1. The van der Waals surface area contributed by atoms with E-state index < -0.39 is 0 Å². The lowest BCUT2D eigenvalue weighted by Gasteiger charge is -2.24. The lowest BCUT2D eigenvalue weighted by molar-refractivity contribution is 0.0943. The Hall–Kier alpha value is -2.25. The number of aryl methyl sites for hydroxylation is 2. The van der Waals surface area contributed by atoms with Crippen LogP contribution in [0, 0.1) is 6.92 Å². The topological polar surface area (TPSA) is 63.1 Å². The van der Waals surface area contributed by atoms with Gasteiger partial charge in [0.25, 0.3) is 5.91 Å². The molecule has 142 valence electrons. The highest BCUT2D eigenvalue weighted by molar-refractivity contribution is 7.07. The number of carbonyl (C=O) groups is 1. The van der Waals surface area contributed by atoms with Gasteiger partial charge in [0.05, 0.1) is 22.7 Å². The molecule has 1 saturated carbocycles. The van der Waals surface area contributed by atoms with Gasteiger partial charge in [0, 0.05) is 25.2 Å². The predicted octanol–water partition coefficient (Wildman–Crippen LogP) is 3.25. The van der Waals surface area contributed by atoms with E-state index in [1.54, 1.807) is 16.0 Å². The Kier molecular flexibility index (Phi) is 4.74. The second-order valence-corrected chi connectivity index (χ2v) is 8.30. The number of hydrogen-bond acceptors (Lipinski definition) is 5. The standard InChI is InChI=1S/C20H25N5OS/c1-12-18-15(9-16(13-5-6-13)22-19(18)25(4)23-12)20(26)21-10-17(24(2)3)14-7-8-27-11-14/h7-9,11,13,17H,5-6,10H2,1-4H3,(H,21,26)/t17-/m1/s1. The third kappa shape index (κ3) is 3.49. The average molecular weight is 384 g/mol. The van der Waals surface area contributed by atoms with Gasteiger partial charge in [-0.25, -0.2) is 4.98 Å². The van der Waals surface area contributed by atoms with Crippen molar-refractivity contribution in [2.24, 2.45) is 7.05 Å². The number of hydrogen-bond donors (Lipinski definition) is 1. The first-order valence-corrected chi connectivity index (χ1v) is 10.2. The molecule has 6 nitrogen and oxygen atoms in total. The molecule has 0 radical (unpaired) electrons. The summed E-state index contributed by atoms with van der Waals surface area (Å²) in [7, 11) is 5.96. The van der Waals surface area contributed by atoms with Crippen molar-refractivity contribution in [1.82, 2.24) is 25.0 Å². The van der Waals surface area contributed by atoms with Crippen LogP contribution in [-0.4, -0.2) is 46.2 Å². The number of aromatic nitrogens is 3. The van der Waals surface area contributed by atoms with E-state index in [9.17, 15) is 4.79 Å². The summed E-state index contributed by atoms with van der Waals surface area (Å²) in [5, 5.41) is 12.7. The second-order valence-electron chi connectivity index (χ2n) is 7.52. The van der Waals surface area contributed by atoms with Crippen molar-refractivity contribution in [3.05, 3.63) is 45.4 Å². The minimum atomic E-state index is -0.0533. The molecule has 0 saturated heterocycles. The monoisotopic (exact) mass is 383 g/mol. The Morgan fingerprint density at radius 3 is 2.85 bits per heavy atom. The SMILES string of the molecule is Cc1nn(C)c2nc(C3CC3)cc(C(=O)NC[C@H](c3ccsc3)N(C)C)c12. The summed E-state index contributed by atoms with van der Waals surface area (Å²) in [6.07, 6.45) is 2.30. The lowest BCUT2D eigenvalue weighted by Crippen LogP contribution is -2.34. The number of carbonyl (C=O) groups excluding carboxylic acids is 1. The summed E-state index contributed by atoms with van der Waals surface area (Å²) < 4.78 is 1.78. The second kappa shape index (κ2) is 7.05. The van der Waals surface area contributed by atoms with Crippen LogP contribution in [0.5, 0.6) is 0 Å². The van der Waals surface area contributed by atoms with Crippen LogP contribution < -0.4 is 5.32 Å². The molecule has 4 rings (SSSR count). The number of fused-ring (bicyclic) bond motifs is 1. The van der Waals surface area contributed by atoms with Crippen molar-refractivity contribution in [3.63, 3.8) is 0 Å². The first-order valence-electron chi connectivity index (χ1n) is 9.26. The first-order chi connectivity index (χ1) is 13.0. The fourth-order valence-corrected chi connectivity index (χ4v) is 4.29. The third-order valence-corrected chi connectivity index (χ3v) is 5.94. The van der Waals surface area contributed by atoms with Crippen LogP contribution in [0.25, 0.3) is 11.0 Å². The van der Waals surface area contributed by atoms with Crippen molar-refractivity contribution in [3.8, 4) is 0 Å². The van der Waals surface area contributed by atoms with Crippen LogP contribution in [0.15, 0.2) is 22.9 Å². The zero-order chi connectivity index (χ0) is 19.1. The minimum Gasteiger partial charge on any atom is -0.350 e. The van der Waals surface area contributed by atoms with Gasteiger partial charge in [0.1, 0.15) is 0 Å². The number of likely N-dealkylation sites (N-methyl/N-ethyl adjacent to an activating group) is 1. The van der Waals surface area contributed by atoms with Crippen LogP contribution in [0.4, 0.5) is 0 Å². The third-order valence-electron chi connectivity index (χ3n) is 5.24. The van der Waals surface area contributed by atoms with E-state index in [0.717, 1.165) is 35.3 Å². The molecule has 3 aromatic rings. The summed E-state index contributed by atoms with van der Waals surface area (Å²) in [5.74, 6) is 0.430. The van der Waals surface area contributed by atoms with Crippen molar-refractivity contribution >= 4 is 28.3 Å². The van der Waals surface area contributed by atoms with E-state index in [-0.39, 0.29) is 11.9 Å². The fourth-order valence-electron chi connectivity index (χ4n) is 3.58. The van der Waals surface area contributed by atoms with Crippen molar-refractivity contribution in [2.75, 3.05) is 20.6 Å². The highest BCUT2D eigenvalue weighted by Crippen LogP contribution is 2.40. The molecule has 0 spiro atoms. The van der Waals surface area contributed by atoms with Crippen molar-refractivity contribution in [1.29, 1.82) is 0 Å². The van der Waals surface area contributed by atoms with Crippen LogP contribution in [0.2, 0.25) is 0 Å². The first kappa shape index (κ1) is 18.1. The fraction of sp³-hybridized carbons (Fsp3) is 0.450. The molecule has 1 aliphatic rings. The summed E-state index contributed by atoms with van der Waals surface area (Å²) >= 11 is 1.68. The van der Waals surface area contributed by atoms with Crippen LogP contribution in [-0.2, 0) is 7.05 Å². The van der Waals surface area contributed by atoms with Gasteiger partial charge in [-0.05, 0) is 62.3 Å². The average Bonchev–Trinajstić information content (AvgIpc) is 3.27. The number of nitrogens with one attached hydrogen (secondary N) is 1. The van der Waals surface area contributed by atoms with E-state index in [4.69, 9.17) is 4.98 Å². The normalized spacial score (nSPS) is 15.4. The van der Waals surface area contributed by atoms with Gasteiger partial charge < -0.3 is 10.2 Å². The summed E-state index contributed by atoms with van der Waals surface area (Å²) in [6, 6.07) is 4.23. The van der Waals surface area contributed by atoms with Crippen molar-refractivity contribution in [2.45, 2.75) is 31.7 Å². The number of amides is 1. The summed E-state index contributed by atoms with van der Waals surface area (Å²) in [4.78, 5) is 20.0.